The van der Waals surface area contributed by atoms with Crippen LogP contribution in [0.4, 0.5) is 14.4 Å². The van der Waals surface area contributed by atoms with Crippen LogP contribution in [0.5, 0.6) is 0 Å². The number of esters is 1. The molecule has 0 saturated carbocycles. The second-order valence-electron chi connectivity index (χ2n) is 18.5. The lowest BCUT2D eigenvalue weighted by Crippen LogP contribution is -2.61. The average Bonchev–Trinajstić information content (AvgIpc) is 3.93. The van der Waals surface area contributed by atoms with Crippen molar-refractivity contribution in [3.63, 3.8) is 0 Å². The number of alkyl carbamates (subject to hydrolysis) is 2. The monoisotopic (exact) mass is 926 g/mol. The van der Waals surface area contributed by atoms with Gasteiger partial charge in [-0.2, -0.15) is 5.10 Å². The summed E-state index contributed by atoms with van der Waals surface area (Å²) in [7, 11) is 3.67. The van der Waals surface area contributed by atoms with E-state index in [1.54, 1.807) is 79.4 Å². The summed E-state index contributed by atoms with van der Waals surface area (Å²) in [6.07, 6.45) is -1.65. The number of aromatic nitrogens is 3. The minimum absolute atomic E-state index is 0.0460. The number of cyclic esters (lactones) is 1. The van der Waals surface area contributed by atoms with Gasteiger partial charge in [-0.05, 0) is 92.6 Å². The van der Waals surface area contributed by atoms with Crippen LogP contribution in [0.2, 0.25) is 0 Å². The lowest BCUT2D eigenvalue weighted by Gasteiger charge is -2.48. The first kappa shape index (κ1) is 51.9. The van der Waals surface area contributed by atoms with Crippen LogP contribution in [0.1, 0.15) is 94.1 Å². The Morgan fingerprint density at radius 3 is 2.32 bits per heavy atom. The van der Waals surface area contributed by atoms with Crippen molar-refractivity contribution in [3.05, 3.63) is 48.6 Å². The molecule has 5 rings (SSSR count). The first-order valence-electron chi connectivity index (χ1n) is 23.1. The summed E-state index contributed by atoms with van der Waals surface area (Å²) in [6, 6.07) is 6.23. The van der Waals surface area contributed by atoms with Crippen molar-refractivity contribution in [2.75, 3.05) is 33.7 Å². The van der Waals surface area contributed by atoms with E-state index in [-0.39, 0.29) is 31.3 Å². The minimum atomic E-state index is -1.76. The maximum absolute atomic E-state index is 14.7. The second kappa shape index (κ2) is 22.1. The standard InChI is InChI=1S/C47H71N7O12/c1-13-35-47(10)39(51-44(59)66-47)29(6)36(55)27(4)24-46(9,65-43(58)49-22-16-17-32-18-20-33(21-19-32)54-26-48-25-50-54)40(64-42-37(56)34(52(11)12)23-28(5)61-42)30(7)38(31(8)41(57)62-35)63-45(60)53(14-2)15-3/h16-21,25-31,34-35,37-40,42,56H,13-15,22-24H2,1-12H3,(H,49,58)(H,51,59)/t27-,28-,29+,30+,31-,34+,35-,37-,38+,39-,40-,42+,46-,47-/m1/s1. The molecule has 0 bridgehead atoms. The van der Waals surface area contributed by atoms with Gasteiger partial charge >= 0.3 is 24.2 Å². The third kappa shape index (κ3) is 11.7. The molecule has 19 heteroatoms. The summed E-state index contributed by atoms with van der Waals surface area (Å²) in [6.45, 7) is 17.8. The first-order valence-corrected chi connectivity index (χ1v) is 23.1. The molecule has 1 aromatic carbocycles. The molecule has 3 amide bonds. The lowest BCUT2D eigenvalue weighted by molar-refractivity contribution is -0.298. The number of benzene rings is 1. The van der Waals surface area contributed by atoms with Crippen LogP contribution in [0.3, 0.4) is 0 Å². The molecule has 66 heavy (non-hydrogen) atoms. The van der Waals surface area contributed by atoms with Crippen LogP contribution in [0.25, 0.3) is 11.8 Å². The maximum Gasteiger partial charge on any atom is 0.410 e. The van der Waals surface area contributed by atoms with Crippen LogP contribution in [-0.2, 0) is 38.0 Å². The number of nitrogens with zero attached hydrogens (tertiary/aromatic N) is 5. The largest absolute Gasteiger partial charge is 0.458 e. The van der Waals surface area contributed by atoms with E-state index in [1.165, 1.54) is 11.2 Å². The minimum Gasteiger partial charge on any atom is -0.458 e. The molecule has 19 nitrogen and oxygen atoms in total. The Kier molecular flexibility index (Phi) is 17.4. The van der Waals surface area contributed by atoms with Crippen LogP contribution in [0.15, 0.2) is 43.0 Å². The number of aliphatic hydroxyl groups is 1. The van der Waals surface area contributed by atoms with Crippen molar-refractivity contribution in [2.45, 2.75) is 149 Å². The molecule has 4 heterocycles. The molecule has 0 unspecified atom stereocenters. The van der Waals surface area contributed by atoms with Gasteiger partial charge in [-0.25, -0.2) is 24.0 Å². The smallest absolute Gasteiger partial charge is 0.410 e. The fraction of sp³-hybridized carbons (Fsp3) is 0.681. The third-order valence-electron chi connectivity index (χ3n) is 13.5. The summed E-state index contributed by atoms with van der Waals surface area (Å²) in [4.78, 5) is 77.5. The SMILES string of the molecule is CC[C@H]1OC(=O)[C@H](C)[C@@H](OC(=O)N(CC)CC)[C@H](C)[C@@H](O[C@@H]2O[C@H](C)C[C@H](N(C)C)[C@H]2O)[C@](C)(OC(=O)NCC=Cc2ccc(-n3cncn3)cc2)C[C@@H](C)C(=O)[C@H](C)[C@H]2NC(=O)O[C@@]21C. The molecule has 0 aliphatic carbocycles. The molecule has 3 saturated heterocycles. The van der Waals surface area contributed by atoms with Crippen LogP contribution in [0, 0.1) is 23.7 Å². The van der Waals surface area contributed by atoms with E-state index in [9.17, 15) is 29.1 Å². The van der Waals surface area contributed by atoms with E-state index < -0.39 is 102 Å². The number of hydrogen-bond acceptors (Lipinski definition) is 15. The van der Waals surface area contributed by atoms with Gasteiger partial charge in [-0.15, -0.1) is 0 Å². The number of aliphatic hydroxyl groups excluding tert-OH is 1. The van der Waals surface area contributed by atoms with E-state index in [0.29, 0.717) is 19.5 Å². The third-order valence-corrected chi connectivity index (χ3v) is 13.5. The van der Waals surface area contributed by atoms with Gasteiger partial charge < -0.3 is 54.0 Å². The Labute approximate surface area is 388 Å². The lowest BCUT2D eigenvalue weighted by atomic mass is 9.73. The number of fused-ring (bicyclic) bond motifs is 1. The zero-order chi connectivity index (χ0) is 48.7. The highest BCUT2D eigenvalue weighted by Gasteiger charge is 2.58. The second-order valence-corrected chi connectivity index (χ2v) is 18.5. The van der Waals surface area contributed by atoms with Gasteiger partial charge in [-0.1, -0.05) is 52.0 Å². The summed E-state index contributed by atoms with van der Waals surface area (Å²) in [5.41, 5.74) is -1.54. The predicted octanol–water partition coefficient (Wildman–Crippen LogP) is 5.13. The van der Waals surface area contributed by atoms with E-state index in [1.807, 2.05) is 56.3 Å². The molecule has 3 aliphatic heterocycles. The highest BCUT2D eigenvalue weighted by atomic mass is 16.7. The normalized spacial score (nSPS) is 34.4. The fourth-order valence-electron chi connectivity index (χ4n) is 9.77. The van der Waals surface area contributed by atoms with Crippen molar-refractivity contribution in [3.8, 4) is 5.69 Å². The average molecular weight is 926 g/mol. The molecule has 1 aromatic heterocycles. The van der Waals surface area contributed by atoms with E-state index in [2.05, 4.69) is 20.7 Å². The van der Waals surface area contributed by atoms with Crippen molar-refractivity contribution in [1.29, 1.82) is 0 Å². The van der Waals surface area contributed by atoms with Crippen molar-refractivity contribution in [1.82, 2.24) is 35.2 Å². The highest BCUT2D eigenvalue weighted by molar-refractivity contribution is 5.85. The fourth-order valence-corrected chi connectivity index (χ4v) is 9.77. The van der Waals surface area contributed by atoms with Crippen LogP contribution in [-0.4, -0.2) is 154 Å². The molecule has 366 valence electrons. The number of ether oxygens (including phenoxy) is 6. The Balaban J connectivity index is 1.59. The van der Waals surface area contributed by atoms with Gasteiger partial charge in [0.25, 0.3) is 0 Å². The molecule has 14 atom stereocenters. The van der Waals surface area contributed by atoms with Crippen molar-refractivity contribution in [2.24, 2.45) is 23.7 Å². The molecule has 0 spiro atoms. The van der Waals surface area contributed by atoms with Gasteiger partial charge in [-0.3, -0.25) is 9.59 Å². The number of ketones is 1. The summed E-state index contributed by atoms with van der Waals surface area (Å²) >= 11 is 0. The Morgan fingerprint density at radius 2 is 1.71 bits per heavy atom. The topological polar surface area (TPSA) is 222 Å². The predicted molar refractivity (Wildman–Crippen MR) is 242 cm³/mol. The molecular formula is C47H71N7O12. The molecular weight excluding hydrogens is 855 g/mol. The van der Waals surface area contributed by atoms with E-state index in [4.69, 9.17) is 28.4 Å². The quantitative estimate of drug-likeness (QED) is 0.186. The van der Waals surface area contributed by atoms with Gasteiger partial charge in [0.2, 0.25) is 0 Å². The van der Waals surface area contributed by atoms with Crippen LogP contribution >= 0.6 is 0 Å². The van der Waals surface area contributed by atoms with Gasteiger partial charge in [0, 0.05) is 43.4 Å². The number of rotatable bonds is 12. The molecule has 3 fully saturated rings. The van der Waals surface area contributed by atoms with E-state index >= 15 is 0 Å². The van der Waals surface area contributed by atoms with Gasteiger partial charge in [0.05, 0.1) is 23.8 Å². The number of hydrogen-bond donors (Lipinski definition) is 3. The molecule has 0 radical (unpaired) electrons. The molecule has 3 aliphatic rings. The number of carbonyl (C=O) groups excluding carboxylic acids is 5. The summed E-state index contributed by atoms with van der Waals surface area (Å²) in [5, 5.41) is 21.6. The maximum atomic E-state index is 14.7. The zero-order valence-corrected chi connectivity index (χ0v) is 40.5. The number of nitrogens with one attached hydrogen (secondary N) is 2. The Bertz CT molecular complexity index is 2000. The number of Topliss-reactive ketones (excluding diaryl/α,β-unsaturated/α-hetero) is 1. The summed E-state index contributed by atoms with van der Waals surface area (Å²) in [5.74, 6) is -4.99. The highest BCUT2D eigenvalue weighted by Crippen LogP contribution is 2.42. The summed E-state index contributed by atoms with van der Waals surface area (Å²) < 4.78 is 39.6. The number of amides is 3. The number of carbonyl (C=O) groups is 5. The Hall–Kier alpha value is -5.11. The van der Waals surface area contributed by atoms with Crippen molar-refractivity contribution < 1.29 is 57.5 Å². The van der Waals surface area contributed by atoms with Gasteiger partial charge in [0.1, 0.15) is 48.5 Å². The number of likely N-dealkylation sites (N-methyl/N-ethyl adjacent to an activating group) is 1. The van der Waals surface area contributed by atoms with Gasteiger partial charge in [0.15, 0.2) is 11.9 Å². The zero-order valence-electron chi connectivity index (χ0n) is 40.5. The Morgan fingerprint density at radius 1 is 1.03 bits per heavy atom. The van der Waals surface area contributed by atoms with Crippen molar-refractivity contribution >= 4 is 36.1 Å². The van der Waals surface area contributed by atoms with Crippen LogP contribution < -0.4 is 10.6 Å². The molecule has 2 aromatic rings. The molecule has 3 N–H and O–H groups in total. The van der Waals surface area contributed by atoms with E-state index in [0.717, 1.165) is 11.3 Å². The first-order chi connectivity index (χ1) is 31.2.